The predicted octanol–water partition coefficient (Wildman–Crippen LogP) is 6.83. The van der Waals surface area contributed by atoms with Gasteiger partial charge in [-0.25, -0.2) is 0 Å². The smallest absolute Gasteiger partial charge is 0.0543 e. The van der Waals surface area contributed by atoms with Crippen LogP contribution >= 0.6 is 0 Å². The van der Waals surface area contributed by atoms with E-state index in [9.17, 15) is 0 Å². The molecule has 136 valence electrons. The van der Waals surface area contributed by atoms with Crippen molar-refractivity contribution in [3.8, 4) is 0 Å². The Morgan fingerprint density at radius 1 is 0.542 bits per heavy atom. The summed E-state index contributed by atoms with van der Waals surface area (Å²) in [5.41, 5.74) is 1.55. The highest BCUT2D eigenvalue weighted by atomic mass is 14.7. The Balaban J connectivity index is 1.52. The van der Waals surface area contributed by atoms with Gasteiger partial charge in [0, 0.05) is 0 Å². The Kier molecular flexibility index (Phi) is 5.09. The molecule has 0 aromatic rings. The van der Waals surface area contributed by atoms with Crippen molar-refractivity contribution >= 4 is 7.85 Å². The molecular weight excluding hydrogens is 287 g/mol. The summed E-state index contributed by atoms with van der Waals surface area (Å²) >= 11 is 0. The molecule has 5 saturated carbocycles. The molecule has 0 aromatic heterocycles. The monoisotopic (exact) mass is 328 g/mol. The summed E-state index contributed by atoms with van der Waals surface area (Å²) in [7, 11) is 2.73. The first-order chi connectivity index (χ1) is 11.7. The van der Waals surface area contributed by atoms with Crippen molar-refractivity contribution < 1.29 is 0 Å². The second-order valence-corrected chi connectivity index (χ2v) is 10.7. The van der Waals surface area contributed by atoms with E-state index in [1.54, 1.807) is 64.2 Å². The second-order valence-electron chi connectivity index (χ2n) is 10.7. The lowest BCUT2D eigenvalue weighted by Gasteiger charge is -2.66. The molecule has 0 amide bonds. The number of hydrogen-bond acceptors (Lipinski definition) is 0. The van der Waals surface area contributed by atoms with E-state index in [-0.39, 0.29) is 0 Å². The van der Waals surface area contributed by atoms with E-state index in [1.165, 1.54) is 57.8 Å². The normalized spacial score (nSPS) is 41.3. The van der Waals surface area contributed by atoms with Crippen LogP contribution in [-0.4, -0.2) is 7.85 Å². The Bertz CT molecular complexity index is 404. The zero-order chi connectivity index (χ0) is 16.5. The highest BCUT2D eigenvalue weighted by Crippen LogP contribution is 2.75. The Morgan fingerprint density at radius 2 is 1.04 bits per heavy atom. The summed E-state index contributed by atoms with van der Waals surface area (Å²) in [5.74, 6) is 1.10. The lowest BCUT2D eigenvalue weighted by atomic mass is 9.34. The average molecular weight is 328 g/mol. The number of rotatable bonds is 2. The van der Waals surface area contributed by atoms with Crippen LogP contribution < -0.4 is 0 Å². The molecule has 2 bridgehead atoms. The molecule has 0 saturated heterocycles. The minimum Gasteiger partial charge on any atom is -0.0543 e. The van der Waals surface area contributed by atoms with Gasteiger partial charge in [-0.05, 0) is 55.3 Å². The van der Waals surface area contributed by atoms with Crippen LogP contribution in [0.1, 0.15) is 122 Å². The first-order valence-electron chi connectivity index (χ1n) is 11.7. The molecule has 0 unspecified atom stereocenters. The van der Waals surface area contributed by atoms with Gasteiger partial charge < -0.3 is 0 Å². The summed E-state index contributed by atoms with van der Waals surface area (Å²) < 4.78 is 0. The van der Waals surface area contributed by atoms with Gasteiger partial charge in [-0.1, -0.05) is 88.8 Å². The van der Waals surface area contributed by atoms with E-state index >= 15 is 0 Å². The van der Waals surface area contributed by atoms with Crippen molar-refractivity contribution in [2.75, 3.05) is 0 Å². The minimum absolute atomic E-state index is 0.693. The standard InChI is InChI=1S/C23H41B/c24-23(16-8-4-5-9-17-23)22-15-11-10-14-21(18-22,19-22)20-12-6-2-1-3-7-13-20/h20H,1-19,24H2. The molecule has 0 heterocycles. The SMILES string of the molecule is BC1(C23CCCCC(C4CCCCCCC4)(C2)C3)CCCCCC1. The summed E-state index contributed by atoms with van der Waals surface area (Å²) in [5, 5.41) is 0.693. The van der Waals surface area contributed by atoms with Crippen LogP contribution in [0.2, 0.25) is 5.31 Å². The van der Waals surface area contributed by atoms with Crippen LogP contribution in [-0.2, 0) is 0 Å². The fourth-order valence-corrected chi connectivity index (χ4v) is 7.92. The largest absolute Gasteiger partial charge is 0.110 e. The fourth-order valence-electron chi connectivity index (χ4n) is 7.92. The van der Waals surface area contributed by atoms with Crippen LogP contribution in [0, 0.1) is 16.7 Å². The van der Waals surface area contributed by atoms with E-state index in [0.717, 1.165) is 16.7 Å². The number of fused-ring (bicyclic) bond motifs is 3. The molecule has 0 spiro atoms. The molecule has 5 fully saturated rings. The first-order valence-corrected chi connectivity index (χ1v) is 11.7. The van der Waals surface area contributed by atoms with Crippen molar-refractivity contribution in [3.63, 3.8) is 0 Å². The van der Waals surface area contributed by atoms with Crippen molar-refractivity contribution in [2.45, 2.75) is 127 Å². The summed E-state index contributed by atoms with van der Waals surface area (Å²) in [6.07, 6.45) is 29.5. The lowest BCUT2D eigenvalue weighted by Crippen LogP contribution is -2.55. The van der Waals surface area contributed by atoms with Crippen molar-refractivity contribution in [2.24, 2.45) is 16.7 Å². The third-order valence-corrected chi connectivity index (χ3v) is 9.42. The number of hydrogen-bond donors (Lipinski definition) is 0. The van der Waals surface area contributed by atoms with E-state index in [0.29, 0.717) is 5.31 Å². The van der Waals surface area contributed by atoms with Crippen molar-refractivity contribution in [1.29, 1.82) is 0 Å². The Labute approximate surface area is 152 Å². The fraction of sp³-hybridized carbons (Fsp3) is 1.00. The minimum atomic E-state index is 0.693. The van der Waals surface area contributed by atoms with Gasteiger partial charge >= 0.3 is 0 Å². The Hall–Kier alpha value is 0.0649. The van der Waals surface area contributed by atoms with Gasteiger partial charge in [0.25, 0.3) is 0 Å². The molecule has 0 atom stereocenters. The predicted molar refractivity (Wildman–Crippen MR) is 107 cm³/mol. The molecule has 5 aliphatic carbocycles. The van der Waals surface area contributed by atoms with Gasteiger partial charge in [-0.15, -0.1) is 0 Å². The molecule has 1 heteroatoms. The van der Waals surface area contributed by atoms with E-state index < -0.39 is 0 Å². The quantitative estimate of drug-likeness (QED) is 0.385. The maximum Gasteiger partial charge on any atom is 0.110 e. The molecule has 5 aliphatic rings. The average Bonchev–Trinajstić information content (AvgIpc) is 2.91. The van der Waals surface area contributed by atoms with Crippen LogP contribution in [0.4, 0.5) is 0 Å². The maximum atomic E-state index is 2.73. The van der Waals surface area contributed by atoms with Crippen molar-refractivity contribution in [1.82, 2.24) is 0 Å². The molecule has 24 heavy (non-hydrogen) atoms. The van der Waals surface area contributed by atoms with Crippen molar-refractivity contribution in [3.05, 3.63) is 0 Å². The van der Waals surface area contributed by atoms with E-state index in [2.05, 4.69) is 7.85 Å². The summed E-state index contributed by atoms with van der Waals surface area (Å²) in [4.78, 5) is 0. The van der Waals surface area contributed by atoms with Gasteiger partial charge in [0.05, 0.1) is 0 Å². The highest BCUT2D eigenvalue weighted by Gasteiger charge is 2.63. The molecule has 5 rings (SSSR count). The summed E-state index contributed by atoms with van der Waals surface area (Å²) in [6.45, 7) is 0. The van der Waals surface area contributed by atoms with Gasteiger partial charge in [-0.3, -0.25) is 0 Å². The summed E-state index contributed by atoms with van der Waals surface area (Å²) in [6, 6.07) is 0. The third kappa shape index (κ3) is 3.01. The van der Waals surface area contributed by atoms with Crippen LogP contribution in [0.15, 0.2) is 0 Å². The van der Waals surface area contributed by atoms with E-state index in [1.807, 2.05) is 0 Å². The first kappa shape index (κ1) is 17.5. The van der Waals surface area contributed by atoms with E-state index in [4.69, 9.17) is 0 Å². The van der Waals surface area contributed by atoms with Gasteiger partial charge in [0.15, 0.2) is 0 Å². The maximum absolute atomic E-state index is 2.73. The molecule has 0 aromatic carbocycles. The second kappa shape index (κ2) is 7.00. The highest BCUT2D eigenvalue weighted by molar-refractivity contribution is 6.16. The Morgan fingerprint density at radius 3 is 1.71 bits per heavy atom. The van der Waals surface area contributed by atoms with Gasteiger partial charge in [0.1, 0.15) is 7.85 Å². The van der Waals surface area contributed by atoms with Crippen LogP contribution in [0.5, 0.6) is 0 Å². The zero-order valence-electron chi connectivity index (χ0n) is 16.5. The van der Waals surface area contributed by atoms with Gasteiger partial charge in [-0.2, -0.15) is 0 Å². The lowest BCUT2D eigenvalue weighted by molar-refractivity contribution is -0.116. The third-order valence-electron chi connectivity index (χ3n) is 9.42. The van der Waals surface area contributed by atoms with Gasteiger partial charge in [0.2, 0.25) is 0 Å². The van der Waals surface area contributed by atoms with Crippen LogP contribution in [0.25, 0.3) is 0 Å². The molecule has 0 N–H and O–H groups in total. The topological polar surface area (TPSA) is 0 Å². The molecule has 0 nitrogen and oxygen atoms in total. The molecule has 0 radical (unpaired) electrons. The van der Waals surface area contributed by atoms with Crippen LogP contribution in [0.3, 0.4) is 0 Å². The molecule has 0 aliphatic heterocycles. The molecular formula is C23H41B. The zero-order valence-corrected chi connectivity index (χ0v) is 16.5.